The normalized spacial score (nSPS) is 11.5. The average Bonchev–Trinajstić information content (AvgIpc) is 2.72. The van der Waals surface area contributed by atoms with Gasteiger partial charge in [-0.25, -0.2) is 9.13 Å². The summed E-state index contributed by atoms with van der Waals surface area (Å²) < 4.78 is 30.1. The minimum absolute atomic E-state index is 0.201. The molecule has 0 amide bonds. The number of hydrogen-bond donors (Lipinski definition) is 4. The molecule has 0 aliphatic heterocycles. The van der Waals surface area contributed by atoms with Crippen molar-refractivity contribution in [1.29, 1.82) is 0 Å². The summed E-state index contributed by atoms with van der Waals surface area (Å²) in [4.78, 5) is 34.5. The van der Waals surface area contributed by atoms with Crippen molar-refractivity contribution in [3.05, 3.63) is 59.7 Å². The monoisotopic (exact) mass is 502 g/mol. The first-order valence-corrected chi connectivity index (χ1v) is 14.3. The minimum Gasteiger partial charge on any atom is -0.404 e. The molecule has 2 aromatic carbocycles. The summed E-state index contributed by atoms with van der Waals surface area (Å²) >= 11 is 0. The van der Waals surface area contributed by atoms with Gasteiger partial charge in [0.2, 0.25) is 0 Å². The van der Waals surface area contributed by atoms with Gasteiger partial charge in [-0.05, 0) is 61.1 Å². The Morgan fingerprint density at radius 3 is 1.24 bits per heavy atom. The van der Waals surface area contributed by atoms with Gasteiger partial charge in [0.1, 0.15) is 11.5 Å². The van der Waals surface area contributed by atoms with Gasteiger partial charge in [-0.15, -0.1) is 0 Å². The van der Waals surface area contributed by atoms with Crippen LogP contribution in [0.25, 0.3) is 0 Å². The first-order chi connectivity index (χ1) is 15.5. The zero-order chi connectivity index (χ0) is 24.7. The van der Waals surface area contributed by atoms with Crippen LogP contribution in [0.4, 0.5) is 0 Å². The molecule has 0 heterocycles. The van der Waals surface area contributed by atoms with Crippen LogP contribution in [0.2, 0.25) is 0 Å². The number of hydrogen-bond acceptors (Lipinski definition) is 4. The molecule has 0 fully saturated rings. The fraction of sp³-hybridized carbons (Fsp3) is 0.478. The molecule has 10 heteroatoms. The van der Waals surface area contributed by atoms with Gasteiger partial charge >= 0.3 is 15.6 Å². The van der Waals surface area contributed by atoms with Crippen LogP contribution in [0.5, 0.6) is 11.5 Å². The largest absolute Gasteiger partial charge is 0.524 e. The smallest absolute Gasteiger partial charge is 0.404 e. The summed E-state index contributed by atoms with van der Waals surface area (Å²) in [5.74, 6) is 0.406. The second kappa shape index (κ2) is 15.3. The van der Waals surface area contributed by atoms with Crippen LogP contribution in [0.1, 0.15) is 69.9 Å². The third kappa shape index (κ3) is 15.7. The molecule has 0 aliphatic rings. The Hall–Kier alpha value is -1.66. The number of rotatable bonds is 13. The Labute approximate surface area is 196 Å². The molecular weight excluding hydrogens is 466 g/mol. The number of aryl methyl sites for hydroxylation is 2. The van der Waals surface area contributed by atoms with Gasteiger partial charge in [0.05, 0.1) is 0 Å². The van der Waals surface area contributed by atoms with Gasteiger partial charge in [0, 0.05) is 0 Å². The van der Waals surface area contributed by atoms with Crippen molar-refractivity contribution in [2.75, 3.05) is 0 Å². The fourth-order valence-electron chi connectivity index (χ4n) is 3.04. The lowest BCUT2D eigenvalue weighted by molar-refractivity contribution is 0.281. The lowest BCUT2D eigenvalue weighted by Crippen LogP contribution is -1.91. The molecule has 0 spiro atoms. The molecule has 2 aromatic rings. The Morgan fingerprint density at radius 1 is 0.576 bits per heavy atom. The molecule has 2 rings (SSSR count). The third-order valence-corrected chi connectivity index (χ3v) is 5.58. The van der Waals surface area contributed by atoms with Gasteiger partial charge in [0.25, 0.3) is 0 Å². The molecule has 33 heavy (non-hydrogen) atoms. The molecule has 8 nitrogen and oxygen atoms in total. The molecule has 0 aliphatic carbocycles. The fourth-order valence-corrected chi connectivity index (χ4v) is 3.84. The lowest BCUT2D eigenvalue weighted by Gasteiger charge is -2.07. The van der Waals surface area contributed by atoms with E-state index < -0.39 is 15.6 Å². The predicted molar refractivity (Wildman–Crippen MR) is 129 cm³/mol. The van der Waals surface area contributed by atoms with E-state index in [-0.39, 0.29) is 11.5 Å². The summed E-state index contributed by atoms with van der Waals surface area (Å²) in [5.41, 5.74) is 2.32. The van der Waals surface area contributed by atoms with Crippen molar-refractivity contribution >= 4 is 15.6 Å². The van der Waals surface area contributed by atoms with E-state index in [1.165, 1.54) is 37.7 Å². The summed E-state index contributed by atoms with van der Waals surface area (Å²) in [6.07, 6.45) is 10.3. The summed E-state index contributed by atoms with van der Waals surface area (Å²) in [7, 11) is -8.86. The second-order valence-corrected chi connectivity index (χ2v) is 10.0. The molecule has 0 bridgehead atoms. The van der Waals surface area contributed by atoms with E-state index in [2.05, 4.69) is 22.9 Å². The maximum absolute atomic E-state index is 10.6. The van der Waals surface area contributed by atoms with E-state index in [1.807, 2.05) is 24.3 Å². The first-order valence-electron chi connectivity index (χ1n) is 11.2. The number of benzene rings is 2. The van der Waals surface area contributed by atoms with E-state index in [0.29, 0.717) is 0 Å². The lowest BCUT2D eigenvalue weighted by atomic mass is 10.1. The summed E-state index contributed by atoms with van der Waals surface area (Å²) in [6.45, 7) is 4.32. The molecule has 0 atom stereocenters. The van der Waals surface area contributed by atoms with Gasteiger partial charge < -0.3 is 9.05 Å². The molecule has 0 aromatic heterocycles. The number of unbranched alkanes of at least 4 members (excludes halogenated alkanes) is 5. The molecule has 0 saturated carbocycles. The SMILES string of the molecule is CCCCCCc1ccc(OP(=O)(O)O)cc1.CCCCCc1ccc(OP(=O)(O)O)cc1. The highest BCUT2D eigenvalue weighted by Crippen LogP contribution is 2.38. The standard InChI is InChI=1S/C12H19O4P.C11H17O4P/c1-2-3-4-5-6-11-7-9-12(10-8-11)16-17(13,14)15;1-2-3-4-5-10-6-8-11(9-7-10)15-16(12,13)14/h7-10H,2-6H2,1H3,(H2,13,14,15);6-9H,2-5H2,1H3,(H2,12,13,14). The average molecular weight is 502 g/mol. The van der Waals surface area contributed by atoms with Crippen molar-refractivity contribution in [2.24, 2.45) is 0 Å². The highest BCUT2D eigenvalue weighted by atomic mass is 31.2. The first kappa shape index (κ1) is 29.4. The second-order valence-electron chi connectivity index (χ2n) is 7.72. The molecule has 186 valence electrons. The van der Waals surface area contributed by atoms with Gasteiger partial charge in [-0.1, -0.05) is 70.2 Å². The maximum atomic E-state index is 10.6. The van der Waals surface area contributed by atoms with E-state index in [9.17, 15) is 9.13 Å². The summed E-state index contributed by atoms with van der Waals surface area (Å²) in [5, 5.41) is 0. The van der Waals surface area contributed by atoms with Gasteiger partial charge in [-0.2, -0.15) is 0 Å². The van der Waals surface area contributed by atoms with E-state index in [0.717, 1.165) is 31.2 Å². The van der Waals surface area contributed by atoms with Gasteiger partial charge in [-0.3, -0.25) is 19.6 Å². The van der Waals surface area contributed by atoms with Gasteiger partial charge in [0.15, 0.2) is 0 Å². The molecular formula is C23H36O8P2. The number of phosphoric ester groups is 2. The predicted octanol–water partition coefficient (Wildman–Crippen LogP) is 6.17. The van der Waals surface area contributed by atoms with Crippen molar-refractivity contribution in [1.82, 2.24) is 0 Å². The maximum Gasteiger partial charge on any atom is 0.524 e. The number of phosphoric acid groups is 2. The van der Waals surface area contributed by atoms with Crippen LogP contribution >= 0.6 is 15.6 Å². The van der Waals surface area contributed by atoms with E-state index in [4.69, 9.17) is 19.6 Å². The Balaban J connectivity index is 0.000000331. The van der Waals surface area contributed by atoms with Crippen LogP contribution in [0.3, 0.4) is 0 Å². The zero-order valence-corrected chi connectivity index (χ0v) is 21.1. The molecule has 0 unspecified atom stereocenters. The van der Waals surface area contributed by atoms with Crippen molar-refractivity contribution < 1.29 is 37.8 Å². The van der Waals surface area contributed by atoms with E-state index >= 15 is 0 Å². The highest BCUT2D eigenvalue weighted by molar-refractivity contribution is 7.47. The van der Waals surface area contributed by atoms with Crippen molar-refractivity contribution in [2.45, 2.75) is 71.6 Å². The highest BCUT2D eigenvalue weighted by Gasteiger charge is 2.16. The Morgan fingerprint density at radius 2 is 0.909 bits per heavy atom. The topological polar surface area (TPSA) is 134 Å². The minimum atomic E-state index is -4.43. The van der Waals surface area contributed by atoms with Crippen LogP contribution in [-0.4, -0.2) is 19.6 Å². The quantitative estimate of drug-likeness (QED) is 0.189. The zero-order valence-electron chi connectivity index (χ0n) is 19.3. The molecule has 0 radical (unpaired) electrons. The van der Waals surface area contributed by atoms with Crippen molar-refractivity contribution in [3.8, 4) is 11.5 Å². The molecule has 4 N–H and O–H groups in total. The Bertz CT molecular complexity index is 872. The Kier molecular flexibility index (Phi) is 13.6. The van der Waals surface area contributed by atoms with Crippen LogP contribution < -0.4 is 9.05 Å². The summed E-state index contributed by atoms with van der Waals surface area (Å²) in [6, 6.07) is 13.7. The van der Waals surface area contributed by atoms with Crippen molar-refractivity contribution in [3.63, 3.8) is 0 Å². The third-order valence-electron chi connectivity index (χ3n) is 4.68. The van der Waals surface area contributed by atoms with Crippen LogP contribution in [-0.2, 0) is 22.0 Å². The van der Waals surface area contributed by atoms with Crippen LogP contribution in [0.15, 0.2) is 48.5 Å². The van der Waals surface area contributed by atoms with E-state index in [1.54, 1.807) is 24.3 Å². The van der Waals surface area contributed by atoms with Crippen LogP contribution in [0, 0.1) is 0 Å². The molecule has 0 saturated heterocycles.